The second-order valence-corrected chi connectivity index (χ2v) is 6.77. The zero-order chi connectivity index (χ0) is 19.2. The van der Waals surface area contributed by atoms with Gasteiger partial charge in [-0.15, -0.1) is 0 Å². The van der Waals surface area contributed by atoms with E-state index in [0.717, 1.165) is 15.8 Å². The van der Waals surface area contributed by atoms with Crippen LogP contribution in [0.3, 0.4) is 0 Å². The van der Waals surface area contributed by atoms with Gasteiger partial charge in [-0.1, -0.05) is 40.2 Å². The molecule has 0 unspecified atom stereocenters. The van der Waals surface area contributed by atoms with Gasteiger partial charge in [0, 0.05) is 15.6 Å². The third-order valence-corrected chi connectivity index (χ3v) is 4.49. The summed E-state index contributed by atoms with van der Waals surface area (Å²) >= 11 is 3.38. The lowest BCUT2D eigenvalue weighted by atomic mass is 10.0. The molecular weight excluding hydrogens is 408 g/mol. The van der Waals surface area contributed by atoms with E-state index in [9.17, 15) is 9.59 Å². The lowest BCUT2D eigenvalue weighted by Gasteiger charge is -2.07. The second-order valence-electron chi connectivity index (χ2n) is 5.86. The summed E-state index contributed by atoms with van der Waals surface area (Å²) in [5.74, 6) is 0.978. The van der Waals surface area contributed by atoms with Crippen LogP contribution in [0.4, 0.5) is 0 Å². The highest BCUT2D eigenvalue weighted by molar-refractivity contribution is 9.10. The Hall–Kier alpha value is -2.92. The van der Waals surface area contributed by atoms with Crippen molar-refractivity contribution >= 4 is 27.7 Å². The zero-order valence-electron chi connectivity index (χ0n) is 14.6. The van der Waals surface area contributed by atoms with Gasteiger partial charge in [-0.2, -0.15) is 0 Å². The monoisotopic (exact) mass is 424 g/mol. The first-order valence-electron chi connectivity index (χ1n) is 8.29. The van der Waals surface area contributed by atoms with Gasteiger partial charge in [0.25, 0.3) is 0 Å². The topological polar surface area (TPSA) is 52.6 Å². The van der Waals surface area contributed by atoms with Crippen molar-refractivity contribution in [1.29, 1.82) is 0 Å². The van der Waals surface area contributed by atoms with Gasteiger partial charge in [-0.05, 0) is 54.1 Å². The summed E-state index contributed by atoms with van der Waals surface area (Å²) < 4.78 is 11.4. The average molecular weight is 425 g/mol. The molecule has 3 rings (SSSR count). The molecular formula is C22H17BrO4. The van der Waals surface area contributed by atoms with E-state index < -0.39 is 0 Å². The third-order valence-electron chi connectivity index (χ3n) is 3.96. The minimum atomic E-state index is -0.310. The Morgan fingerprint density at radius 1 is 0.778 bits per heavy atom. The molecule has 5 heteroatoms. The molecule has 0 heterocycles. The van der Waals surface area contributed by atoms with Crippen LogP contribution >= 0.6 is 15.9 Å². The first kappa shape index (κ1) is 18.9. The largest absolute Gasteiger partial charge is 0.469 e. The molecule has 136 valence electrons. The first-order valence-corrected chi connectivity index (χ1v) is 9.08. The summed E-state index contributed by atoms with van der Waals surface area (Å²) in [6.45, 7) is 0. The van der Waals surface area contributed by atoms with Gasteiger partial charge < -0.3 is 9.47 Å². The van der Waals surface area contributed by atoms with Crippen LogP contribution in [0, 0.1) is 0 Å². The Bertz CT molecular complexity index is 930. The number of carbonyl (C=O) groups is 2. The molecule has 0 amide bonds. The molecule has 0 atom stereocenters. The van der Waals surface area contributed by atoms with Crippen LogP contribution in [0.15, 0.2) is 77.3 Å². The SMILES string of the molecule is COC(=O)Cc1ccc(C(=O)c2ccc(Oc3ccc(Br)cc3)cc2)cc1. The molecule has 0 N–H and O–H groups in total. The van der Waals surface area contributed by atoms with Crippen LogP contribution in [0.25, 0.3) is 0 Å². The van der Waals surface area contributed by atoms with Crippen LogP contribution in [-0.4, -0.2) is 18.9 Å². The molecule has 0 bridgehead atoms. The summed E-state index contributed by atoms with van der Waals surface area (Å²) in [7, 11) is 1.35. The maximum Gasteiger partial charge on any atom is 0.309 e. The Kier molecular flexibility index (Phi) is 6.04. The van der Waals surface area contributed by atoms with Gasteiger partial charge in [0.05, 0.1) is 13.5 Å². The Labute approximate surface area is 165 Å². The van der Waals surface area contributed by atoms with Gasteiger partial charge in [0.1, 0.15) is 11.5 Å². The van der Waals surface area contributed by atoms with Crippen molar-refractivity contribution in [3.8, 4) is 11.5 Å². The van der Waals surface area contributed by atoms with Crippen LogP contribution in [0.5, 0.6) is 11.5 Å². The van der Waals surface area contributed by atoms with E-state index >= 15 is 0 Å². The number of hydrogen-bond donors (Lipinski definition) is 0. The van der Waals surface area contributed by atoms with Crippen molar-refractivity contribution < 1.29 is 19.1 Å². The smallest absolute Gasteiger partial charge is 0.309 e. The number of esters is 1. The lowest BCUT2D eigenvalue weighted by Crippen LogP contribution is -2.05. The van der Waals surface area contributed by atoms with Gasteiger partial charge in [-0.3, -0.25) is 9.59 Å². The molecule has 3 aromatic rings. The van der Waals surface area contributed by atoms with Crippen molar-refractivity contribution in [2.24, 2.45) is 0 Å². The molecule has 3 aromatic carbocycles. The van der Waals surface area contributed by atoms with Gasteiger partial charge in [0.15, 0.2) is 5.78 Å². The fourth-order valence-electron chi connectivity index (χ4n) is 2.49. The van der Waals surface area contributed by atoms with Crippen LogP contribution < -0.4 is 4.74 Å². The van der Waals surface area contributed by atoms with E-state index in [1.807, 2.05) is 24.3 Å². The Morgan fingerprint density at radius 2 is 1.26 bits per heavy atom. The van der Waals surface area contributed by atoms with Gasteiger partial charge >= 0.3 is 5.97 Å². The Morgan fingerprint density at radius 3 is 1.78 bits per heavy atom. The van der Waals surface area contributed by atoms with E-state index in [-0.39, 0.29) is 18.2 Å². The maximum absolute atomic E-state index is 12.6. The number of ketones is 1. The molecule has 0 radical (unpaired) electrons. The normalized spacial score (nSPS) is 10.3. The molecule has 0 fully saturated rings. The van der Waals surface area contributed by atoms with Crippen LogP contribution in [0.1, 0.15) is 21.5 Å². The van der Waals surface area contributed by atoms with E-state index in [4.69, 9.17) is 4.74 Å². The molecule has 0 aliphatic carbocycles. The van der Waals surface area contributed by atoms with Crippen LogP contribution in [-0.2, 0) is 16.0 Å². The minimum Gasteiger partial charge on any atom is -0.469 e. The zero-order valence-corrected chi connectivity index (χ0v) is 16.2. The number of rotatable bonds is 6. The van der Waals surface area contributed by atoms with Gasteiger partial charge in [0.2, 0.25) is 0 Å². The lowest BCUT2D eigenvalue weighted by molar-refractivity contribution is -0.139. The van der Waals surface area contributed by atoms with Crippen molar-refractivity contribution in [3.05, 3.63) is 94.0 Å². The Balaban J connectivity index is 1.68. The summed E-state index contributed by atoms with van der Waals surface area (Å²) in [5.41, 5.74) is 1.93. The standard InChI is InChI=1S/C22H17BrO4/c1-26-21(24)14-15-2-4-16(5-3-15)22(25)17-6-10-19(11-7-17)27-20-12-8-18(23)9-13-20/h2-13H,14H2,1H3. The fourth-order valence-corrected chi connectivity index (χ4v) is 2.76. The van der Waals surface area contributed by atoms with Crippen molar-refractivity contribution in [3.63, 3.8) is 0 Å². The highest BCUT2D eigenvalue weighted by atomic mass is 79.9. The molecule has 0 aromatic heterocycles. The number of methoxy groups -OCH3 is 1. The number of benzene rings is 3. The first-order chi connectivity index (χ1) is 13.0. The molecule has 0 aliphatic heterocycles. The molecule has 4 nitrogen and oxygen atoms in total. The molecule has 0 spiro atoms. The quantitative estimate of drug-likeness (QED) is 0.403. The highest BCUT2D eigenvalue weighted by Crippen LogP contribution is 2.24. The van der Waals surface area contributed by atoms with E-state index in [1.54, 1.807) is 48.5 Å². The second kappa shape index (κ2) is 8.64. The summed E-state index contributed by atoms with van der Waals surface area (Å²) in [6.07, 6.45) is 0.188. The molecule has 0 aliphatic rings. The predicted molar refractivity (Wildman–Crippen MR) is 106 cm³/mol. The highest BCUT2D eigenvalue weighted by Gasteiger charge is 2.10. The van der Waals surface area contributed by atoms with Crippen LogP contribution in [0.2, 0.25) is 0 Å². The fraction of sp³-hybridized carbons (Fsp3) is 0.0909. The summed E-state index contributed by atoms with van der Waals surface area (Å²) in [5, 5.41) is 0. The van der Waals surface area contributed by atoms with Gasteiger partial charge in [-0.25, -0.2) is 0 Å². The van der Waals surface area contributed by atoms with E-state index in [0.29, 0.717) is 16.9 Å². The van der Waals surface area contributed by atoms with Crippen molar-refractivity contribution in [2.75, 3.05) is 7.11 Å². The summed E-state index contributed by atoms with van der Waals surface area (Å²) in [4.78, 5) is 23.9. The third kappa shape index (κ3) is 5.05. The molecule has 0 saturated heterocycles. The van der Waals surface area contributed by atoms with Crippen molar-refractivity contribution in [1.82, 2.24) is 0 Å². The number of halogens is 1. The van der Waals surface area contributed by atoms with E-state index in [2.05, 4.69) is 20.7 Å². The maximum atomic E-state index is 12.6. The summed E-state index contributed by atoms with van der Waals surface area (Å²) in [6, 6.07) is 21.5. The van der Waals surface area contributed by atoms with Crippen molar-refractivity contribution in [2.45, 2.75) is 6.42 Å². The van der Waals surface area contributed by atoms with E-state index in [1.165, 1.54) is 7.11 Å². The molecule has 0 saturated carbocycles. The minimum absolute atomic E-state index is 0.0881. The number of ether oxygens (including phenoxy) is 2. The number of hydrogen-bond acceptors (Lipinski definition) is 4. The predicted octanol–water partition coefficient (Wildman–Crippen LogP) is 5.19. The average Bonchev–Trinajstić information content (AvgIpc) is 2.70. The number of carbonyl (C=O) groups excluding carboxylic acids is 2. The molecule has 27 heavy (non-hydrogen) atoms.